The molecule has 1 aromatic heterocycles. The predicted octanol–water partition coefficient (Wildman–Crippen LogP) is 3.09. The Morgan fingerprint density at radius 2 is 1.88 bits per heavy atom. The Bertz CT molecular complexity index is 474. The molecule has 0 amide bonds. The molecule has 3 nitrogen and oxygen atoms in total. The summed E-state index contributed by atoms with van der Waals surface area (Å²) in [7, 11) is 0. The maximum Gasteiger partial charge on any atom is 0.450 e. The van der Waals surface area contributed by atoms with Gasteiger partial charge < -0.3 is 0 Å². The Morgan fingerprint density at radius 1 is 1.29 bits per heavy atom. The van der Waals surface area contributed by atoms with Gasteiger partial charge in [-0.1, -0.05) is 23.2 Å². The highest BCUT2D eigenvalue weighted by Gasteiger charge is 2.39. The summed E-state index contributed by atoms with van der Waals surface area (Å²) >= 11 is 11.1. The van der Waals surface area contributed by atoms with E-state index in [0.717, 1.165) is 12.3 Å². The number of pyridine rings is 1. The molecule has 0 fully saturated rings. The van der Waals surface area contributed by atoms with Crippen LogP contribution in [0, 0.1) is 0 Å². The van der Waals surface area contributed by atoms with Crippen LogP contribution in [-0.2, 0) is 4.79 Å². The van der Waals surface area contributed by atoms with Crippen LogP contribution in [0.4, 0.5) is 13.2 Å². The van der Waals surface area contributed by atoms with Gasteiger partial charge in [0.15, 0.2) is 5.78 Å². The van der Waals surface area contributed by atoms with Gasteiger partial charge >= 0.3 is 6.18 Å². The maximum absolute atomic E-state index is 11.9. The topological polar surface area (TPSA) is 47.0 Å². The smallest absolute Gasteiger partial charge is 0.292 e. The van der Waals surface area contributed by atoms with Crippen LogP contribution in [0.3, 0.4) is 0 Å². The first-order valence-corrected chi connectivity index (χ1v) is 4.91. The second kappa shape index (κ2) is 5.01. The van der Waals surface area contributed by atoms with Gasteiger partial charge in [-0.05, 0) is 6.07 Å². The van der Waals surface area contributed by atoms with E-state index in [1.807, 2.05) is 0 Å². The summed E-state index contributed by atoms with van der Waals surface area (Å²) in [6.07, 6.45) is -5.31. The van der Waals surface area contributed by atoms with Crippen LogP contribution in [-0.4, -0.2) is 22.7 Å². The standard InChI is InChI=1S/C9H4Cl2F3NO2/c10-4-1-5(11)8(15-3-4)6(16)2-7(17)9(12,13)14/h1,3H,2H2. The fraction of sp³-hybridized carbons (Fsp3) is 0.222. The lowest BCUT2D eigenvalue weighted by molar-refractivity contribution is -0.170. The van der Waals surface area contributed by atoms with Gasteiger partial charge in [0.25, 0.3) is 0 Å². The van der Waals surface area contributed by atoms with Crippen LogP contribution in [0.5, 0.6) is 0 Å². The number of hydrogen-bond acceptors (Lipinski definition) is 3. The van der Waals surface area contributed by atoms with E-state index in [2.05, 4.69) is 4.98 Å². The molecular formula is C9H4Cl2F3NO2. The van der Waals surface area contributed by atoms with E-state index in [4.69, 9.17) is 23.2 Å². The van der Waals surface area contributed by atoms with Crippen molar-refractivity contribution >= 4 is 34.8 Å². The molecule has 0 bridgehead atoms. The Labute approximate surface area is 104 Å². The number of ketones is 2. The maximum atomic E-state index is 11.9. The van der Waals surface area contributed by atoms with E-state index in [1.165, 1.54) is 0 Å². The van der Waals surface area contributed by atoms with Gasteiger partial charge in [-0.3, -0.25) is 9.59 Å². The molecule has 0 spiro atoms. The molecule has 1 rings (SSSR count). The van der Waals surface area contributed by atoms with E-state index >= 15 is 0 Å². The minimum atomic E-state index is -5.05. The molecule has 0 saturated heterocycles. The SMILES string of the molecule is O=C(CC(=O)C(F)(F)F)c1ncc(Cl)cc1Cl. The van der Waals surface area contributed by atoms with Crippen LogP contribution >= 0.6 is 23.2 Å². The molecule has 0 aliphatic carbocycles. The number of Topliss-reactive ketones (excluding diaryl/α,β-unsaturated/α-hetero) is 2. The van der Waals surface area contributed by atoms with Crippen molar-refractivity contribution in [3.63, 3.8) is 0 Å². The Balaban J connectivity index is 2.88. The van der Waals surface area contributed by atoms with Crippen molar-refractivity contribution in [1.29, 1.82) is 0 Å². The minimum absolute atomic E-state index is 0.133. The molecule has 8 heteroatoms. The predicted molar refractivity (Wildman–Crippen MR) is 54.3 cm³/mol. The monoisotopic (exact) mass is 285 g/mol. The van der Waals surface area contributed by atoms with Crippen LogP contribution in [0.1, 0.15) is 16.9 Å². The Kier molecular flexibility index (Phi) is 4.11. The quantitative estimate of drug-likeness (QED) is 0.633. The fourth-order valence-electron chi connectivity index (χ4n) is 0.950. The van der Waals surface area contributed by atoms with Crippen molar-refractivity contribution in [3.8, 4) is 0 Å². The van der Waals surface area contributed by atoms with Crippen LogP contribution in [0.25, 0.3) is 0 Å². The lowest BCUT2D eigenvalue weighted by Crippen LogP contribution is -2.25. The molecule has 0 N–H and O–H groups in total. The number of hydrogen-bond donors (Lipinski definition) is 0. The first-order chi connectivity index (χ1) is 7.71. The van der Waals surface area contributed by atoms with E-state index in [1.54, 1.807) is 0 Å². The molecule has 1 heterocycles. The number of nitrogens with zero attached hydrogens (tertiary/aromatic N) is 1. The Hall–Kier alpha value is -1.14. The molecule has 0 radical (unpaired) electrons. The fourth-order valence-corrected chi connectivity index (χ4v) is 1.44. The van der Waals surface area contributed by atoms with Gasteiger partial charge in [0, 0.05) is 6.20 Å². The number of aromatic nitrogens is 1. The highest BCUT2D eigenvalue weighted by atomic mass is 35.5. The summed E-state index contributed by atoms with van der Waals surface area (Å²) in [6.45, 7) is 0. The van der Waals surface area contributed by atoms with Crippen LogP contribution in [0.2, 0.25) is 10.0 Å². The first kappa shape index (κ1) is 13.9. The van der Waals surface area contributed by atoms with Crippen molar-refractivity contribution in [3.05, 3.63) is 28.0 Å². The Morgan fingerprint density at radius 3 is 2.35 bits per heavy atom. The molecule has 17 heavy (non-hydrogen) atoms. The zero-order valence-electron chi connectivity index (χ0n) is 8.02. The molecule has 1 aromatic rings. The zero-order valence-corrected chi connectivity index (χ0v) is 9.53. The van der Waals surface area contributed by atoms with E-state index < -0.39 is 29.9 Å². The summed E-state index contributed by atoms with van der Waals surface area (Å²) in [5, 5.41) is -0.0637. The summed E-state index contributed by atoms with van der Waals surface area (Å²) in [6, 6.07) is 1.15. The minimum Gasteiger partial charge on any atom is -0.292 e. The zero-order chi connectivity index (χ0) is 13.2. The lowest BCUT2D eigenvalue weighted by Gasteiger charge is -2.05. The van der Waals surface area contributed by atoms with Gasteiger partial charge in [0.05, 0.1) is 16.5 Å². The average molecular weight is 286 g/mol. The molecule has 0 aromatic carbocycles. The highest BCUT2D eigenvalue weighted by molar-refractivity contribution is 6.36. The third-order valence-corrected chi connectivity index (χ3v) is 2.20. The number of rotatable bonds is 3. The van der Waals surface area contributed by atoms with Gasteiger partial charge in [0.1, 0.15) is 5.69 Å². The van der Waals surface area contributed by atoms with Crippen LogP contribution in [0.15, 0.2) is 12.3 Å². The molecular weight excluding hydrogens is 282 g/mol. The average Bonchev–Trinajstić information content (AvgIpc) is 2.15. The lowest BCUT2D eigenvalue weighted by atomic mass is 10.1. The van der Waals surface area contributed by atoms with Crippen LogP contribution < -0.4 is 0 Å². The normalized spacial score (nSPS) is 11.4. The third kappa shape index (κ3) is 3.67. The molecule has 0 aliphatic heterocycles. The van der Waals surface area contributed by atoms with E-state index in [0.29, 0.717) is 0 Å². The number of alkyl halides is 3. The second-order valence-corrected chi connectivity index (χ2v) is 3.85. The number of carbonyl (C=O) groups excluding carboxylic acids is 2. The van der Waals surface area contributed by atoms with Gasteiger partial charge in [-0.2, -0.15) is 13.2 Å². The van der Waals surface area contributed by atoms with E-state index in [-0.39, 0.29) is 10.0 Å². The summed E-state index contributed by atoms with van der Waals surface area (Å²) < 4.78 is 35.7. The van der Waals surface area contributed by atoms with Gasteiger partial charge in [-0.25, -0.2) is 4.98 Å². The molecule has 0 atom stereocenters. The number of carbonyl (C=O) groups is 2. The molecule has 0 unspecified atom stereocenters. The second-order valence-electron chi connectivity index (χ2n) is 3.00. The summed E-state index contributed by atoms with van der Waals surface area (Å²) in [5.41, 5.74) is -0.409. The van der Waals surface area contributed by atoms with Crippen molar-refractivity contribution in [2.45, 2.75) is 12.6 Å². The third-order valence-electron chi connectivity index (χ3n) is 1.71. The largest absolute Gasteiger partial charge is 0.450 e. The highest BCUT2D eigenvalue weighted by Crippen LogP contribution is 2.22. The molecule has 92 valence electrons. The number of halogens is 5. The van der Waals surface area contributed by atoms with Crippen molar-refractivity contribution in [1.82, 2.24) is 4.98 Å². The van der Waals surface area contributed by atoms with Gasteiger partial charge in [-0.15, -0.1) is 0 Å². The van der Waals surface area contributed by atoms with E-state index in [9.17, 15) is 22.8 Å². The molecule has 0 aliphatic rings. The van der Waals surface area contributed by atoms with Crippen molar-refractivity contribution in [2.75, 3.05) is 0 Å². The first-order valence-electron chi connectivity index (χ1n) is 4.16. The van der Waals surface area contributed by atoms with Crippen molar-refractivity contribution in [2.24, 2.45) is 0 Å². The van der Waals surface area contributed by atoms with Crippen molar-refractivity contribution < 1.29 is 22.8 Å². The molecule has 0 saturated carbocycles. The summed E-state index contributed by atoms with van der Waals surface area (Å²) in [5.74, 6) is -3.25. The summed E-state index contributed by atoms with van der Waals surface area (Å²) in [4.78, 5) is 25.4. The van der Waals surface area contributed by atoms with Gasteiger partial charge in [0.2, 0.25) is 5.78 Å².